The van der Waals surface area contributed by atoms with Crippen LogP contribution in [0.15, 0.2) is 5.11 Å². The maximum absolute atomic E-state index is 10.6. The normalized spacial score (nSPS) is 10.2. The van der Waals surface area contributed by atoms with E-state index in [1.165, 1.54) is 0 Å². The van der Waals surface area contributed by atoms with Crippen LogP contribution >= 0.6 is 0 Å². The Morgan fingerprint density at radius 2 is 1.32 bits per heavy atom. The van der Waals surface area contributed by atoms with Crippen molar-refractivity contribution in [2.45, 2.75) is 19.8 Å². The molecule has 0 saturated heterocycles. The van der Waals surface area contributed by atoms with E-state index in [0.717, 1.165) is 19.4 Å². The van der Waals surface area contributed by atoms with Crippen LogP contribution in [0, 0.1) is 0 Å². The minimum absolute atomic E-state index is 0.0407. The fraction of sp³-hybridized carbons (Fsp3) is 0.923. The number of hydrogen-bond donors (Lipinski definition) is 0. The molecular weight excluding hydrogens is 294 g/mol. The van der Waals surface area contributed by atoms with Gasteiger partial charge >= 0.3 is 6.09 Å². The van der Waals surface area contributed by atoms with Crippen LogP contribution in [-0.2, 0) is 23.7 Å². The monoisotopic (exact) mass is 319 g/mol. The van der Waals surface area contributed by atoms with E-state index in [-0.39, 0.29) is 13.2 Å². The summed E-state index contributed by atoms with van der Waals surface area (Å²) in [6.07, 6.45) is 1.25. The van der Waals surface area contributed by atoms with E-state index in [9.17, 15) is 4.79 Å². The average Bonchev–Trinajstić information content (AvgIpc) is 2.51. The Kier molecular flexibility index (Phi) is 16.6. The predicted molar refractivity (Wildman–Crippen MR) is 78.7 cm³/mol. The zero-order valence-electron chi connectivity index (χ0n) is 13.1. The lowest BCUT2D eigenvalue weighted by Crippen LogP contribution is -2.13. The minimum atomic E-state index is -0.960. The molecule has 0 aliphatic heterocycles. The molecule has 0 spiro atoms. The first-order valence-corrected chi connectivity index (χ1v) is 7.34. The molecule has 9 nitrogen and oxygen atoms in total. The number of rotatable bonds is 15. The van der Waals surface area contributed by atoms with Gasteiger partial charge in [-0.2, -0.15) is 0 Å². The van der Waals surface area contributed by atoms with Gasteiger partial charge in [-0.15, -0.1) is 0 Å². The van der Waals surface area contributed by atoms with Gasteiger partial charge in [0.15, 0.2) is 0 Å². The molecule has 0 unspecified atom stereocenters. The highest BCUT2D eigenvalue weighted by molar-refractivity contribution is 5.67. The second-order valence-electron chi connectivity index (χ2n) is 4.11. The highest BCUT2D eigenvalue weighted by atomic mass is 16.6. The van der Waals surface area contributed by atoms with Gasteiger partial charge in [0.25, 0.3) is 0 Å². The van der Waals surface area contributed by atoms with Crippen molar-refractivity contribution in [2.24, 2.45) is 5.11 Å². The van der Waals surface area contributed by atoms with Crippen molar-refractivity contribution in [3.8, 4) is 0 Å². The lowest BCUT2D eigenvalue weighted by molar-refractivity contribution is -0.00640. The number of carbonyl (C=O) groups is 1. The summed E-state index contributed by atoms with van der Waals surface area (Å²) in [5.74, 6) is 0. The van der Waals surface area contributed by atoms with Gasteiger partial charge in [-0.1, -0.05) is 13.3 Å². The molecule has 0 N–H and O–H groups in total. The Labute approximate surface area is 130 Å². The van der Waals surface area contributed by atoms with Crippen LogP contribution in [-0.4, -0.2) is 65.6 Å². The highest BCUT2D eigenvalue weighted by Gasteiger charge is 1.97. The van der Waals surface area contributed by atoms with Crippen molar-refractivity contribution in [2.75, 3.05) is 59.5 Å². The smallest absolute Gasteiger partial charge is 0.396 e. The molecule has 0 aliphatic carbocycles. The summed E-state index contributed by atoms with van der Waals surface area (Å²) < 4.78 is 25.6. The lowest BCUT2D eigenvalue weighted by Gasteiger charge is -2.07. The Bertz CT molecular complexity index is 310. The number of azide groups is 1. The van der Waals surface area contributed by atoms with E-state index in [4.69, 9.17) is 24.5 Å². The van der Waals surface area contributed by atoms with E-state index in [0.29, 0.717) is 39.6 Å². The van der Waals surface area contributed by atoms with Gasteiger partial charge in [0.1, 0.15) is 6.61 Å². The van der Waals surface area contributed by atoms with Gasteiger partial charge in [-0.05, 0) is 12.0 Å². The number of hydrogen-bond acceptors (Lipinski definition) is 6. The van der Waals surface area contributed by atoms with Gasteiger partial charge in [0.05, 0.1) is 46.2 Å². The third kappa shape index (κ3) is 16.7. The van der Waals surface area contributed by atoms with Crippen molar-refractivity contribution in [1.82, 2.24) is 0 Å². The molecule has 0 aromatic heterocycles. The van der Waals surface area contributed by atoms with Gasteiger partial charge in [-0.3, -0.25) is 0 Å². The fourth-order valence-corrected chi connectivity index (χ4v) is 1.26. The maximum Gasteiger partial charge on any atom is 0.396 e. The topological polar surface area (TPSA) is 112 Å². The molecule has 0 saturated carbocycles. The van der Waals surface area contributed by atoms with Gasteiger partial charge in [0, 0.05) is 16.6 Å². The van der Waals surface area contributed by atoms with E-state index < -0.39 is 6.09 Å². The number of carbonyl (C=O) groups excluding carboxylic acids is 1. The minimum Gasteiger partial charge on any atom is -0.458 e. The second kappa shape index (κ2) is 17.7. The molecule has 0 aromatic carbocycles. The first-order chi connectivity index (χ1) is 10.8. The molecule has 0 aliphatic rings. The van der Waals surface area contributed by atoms with Crippen LogP contribution in [0.3, 0.4) is 0 Å². The van der Waals surface area contributed by atoms with Gasteiger partial charge in [-0.25, -0.2) is 4.79 Å². The van der Waals surface area contributed by atoms with Gasteiger partial charge in [0.2, 0.25) is 0 Å². The Hall–Kier alpha value is -1.38. The van der Waals surface area contributed by atoms with Gasteiger partial charge < -0.3 is 23.7 Å². The van der Waals surface area contributed by atoms with Crippen LogP contribution in [0.1, 0.15) is 19.8 Å². The van der Waals surface area contributed by atoms with Crippen LogP contribution < -0.4 is 0 Å². The number of nitrogens with zero attached hydrogens (tertiary/aromatic N) is 3. The van der Waals surface area contributed by atoms with E-state index in [1.54, 1.807) is 0 Å². The number of amides is 1. The molecule has 0 rings (SSSR count). The summed E-state index contributed by atoms with van der Waals surface area (Å²) in [5.41, 5.74) is 7.95. The second-order valence-corrected chi connectivity index (χ2v) is 4.11. The van der Waals surface area contributed by atoms with Crippen LogP contribution in [0.2, 0.25) is 0 Å². The Morgan fingerprint density at radius 1 is 0.864 bits per heavy atom. The summed E-state index contributed by atoms with van der Waals surface area (Å²) >= 11 is 0. The largest absolute Gasteiger partial charge is 0.458 e. The predicted octanol–water partition coefficient (Wildman–Crippen LogP) is 2.30. The first kappa shape index (κ1) is 20.6. The lowest BCUT2D eigenvalue weighted by atomic mass is 10.4. The maximum atomic E-state index is 10.6. The van der Waals surface area contributed by atoms with Crippen LogP contribution in [0.5, 0.6) is 0 Å². The molecule has 22 heavy (non-hydrogen) atoms. The average molecular weight is 319 g/mol. The number of ether oxygens (including phenoxy) is 5. The summed E-state index contributed by atoms with van der Waals surface area (Å²) in [4.78, 5) is 12.9. The summed E-state index contributed by atoms with van der Waals surface area (Å²) in [5, 5.41) is 2.74. The molecule has 0 fully saturated rings. The van der Waals surface area contributed by atoms with Crippen LogP contribution in [0.4, 0.5) is 4.79 Å². The Balaban J connectivity index is 3.05. The molecule has 0 radical (unpaired) electrons. The molecule has 128 valence electrons. The zero-order valence-corrected chi connectivity index (χ0v) is 13.1. The molecule has 0 heterocycles. The van der Waals surface area contributed by atoms with Crippen molar-refractivity contribution in [3.63, 3.8) is 0 Å². The quantitative estimate of drug-likeness (QED) is 0.198. The zero-order chi connectivity index (χ0) is 16.3. The van der Waals surface area contributed by atoms with Crippen molar-refractivity contribution >= 4 is 6.09 Å². The summed E-state index contributed by atoms with van der Waals surface area (Å²) in [6, 6.07) is 0. The highest BCUT2D eigenvalue weighted by Crippen LogP contribution is 1.88. The molecule has 9 heteroatoms. The SMILES string of the molecule is CCCCOCCOCCOCCOCCOC(=O)N=[N+]=[N-]. The van der Waals surface area contributed by atoms with E-state index >= 15 is 0 Å². The van der Waals surface area contributed by atoms with E-state index in [2.05, 4.69) is 21.7 Å². The fourth-order valence-electron chi connectivity index (χ4n) is 1.26. The van der Waals surface area contributed by atoms with Crippen molar-refractivity contribution in [1.29, 1.82) is 0 Å². The molecule has 1 amide bonds. The molecular formula is C13H25N3O6. The molecule has 0 aromatic rings. The number of unbranched alkanes of at least 4 members (excludes halogenated alkanes) is 1. The van der Waals surface area contributed by atoms with E-state index in [1.807, 2.05) is 0 Å². The summed E-state index contributed by atoms with van der Waals surface area (Å²) in [6.45, 7) is 6.17. The van der Waals surface area contributed by atoms with Crippen molar-refractivity contribution in [3.05, 3.63) is 10.4 Å². The summed E-state index contributed by atoms with van der Waals surface area (Å²) in [7, 11) is 0. The molecule has 0 atom stereocenters. The van der Waals surface area contributed by atoms with Crippen molar-refractivity contribution < 1.29 is 28.5 Å². The standard InChI is InChI=1S/C13H25N3O6/c1-2-3-4-18-5-6-19-7-8-20-9-10-21-11-12-22-13(17)15-16-14/h2-12H2,1H3. The third-order valence-electron chi connectivity index (χ3n) is 2.34. The third-order valence-corrected chi connectivity index (χ3v) is 2.34. The Morgan fingerprint density at radius 3 is 1.77 bits per heavy atom. The molecule has 0 bridgehead atoms. The van der Waals surface area contributed by atoms with Crippen LogP contribution in [0.25, 0.3) is 10.4 Å². The first-order valence-electron chi connectivity index (χ1n) is 7.34.